The summed E-state index contributed by atoms with van der Waals surface area (Å²) in [4.78, 5) is 25.5. The van der Waals surface area contributed by atoms with Gasteiger partial charge in [-0.05, 0) is 31.0 Å². The molecule has 0 heterocycles. The number of nitrogens with one attached hydrogen (secondary N) is 2. The SMILES string of the molecule is CC(C)C(C)NC(=O)Nc1cc(Cl)ccc1C(=O)N(C)C. The maximum atomic E-state index is 12.1. The van der Waals surface area contributed by atoms with Crippen LogP contribution in [0.5, 0.6) is 0 Å². The Morgan fingerprint density at radius 2 is 1.81 bits per heavy atom. The Bertz CT molecular complexity index is 530. The molecule has 116 valence electrons. The van der Waals surface area contributed by atoms with Gasteiger partial charge < -0.3 is 15.5 Å². The second kappa shape index (κ2) is 7.31. The summed E-state index contributed by atoms with van der Waals surface area (Å²) in [6.07, 6.45) is 0. The Morgan fingerprint density at radius 1 is 1.19 bits per heavy atom. The molecule has 5 nitrogen and oxygen atoms in total. The van der Waals surface area contributed by atoms with Crippen LogP contribution in [0.4, 0.5) is 10.5 Å². The summed E-state index contributed by atoms with van der Waals surface area (Å²) in [5.74, 6) is 0.122. The Labute approximate surface area is 130 Å². The number of halogens is 1. The van der Waals surface area contributed by atoms with Crippen LogP contribution >= 0.6 is 11.6 Å². The third-order valence-corrected chi connectivity index (χ3v) is 3.46. The summed E-state index contributed by atoms with van der Waals surface area (Å²) in [7, 11) is 3.31. The van der Waals surface area contributed by atoms with E-state index in [1.54, 1.807) is 32.3 Å². The third-order valence-electron chi connectivity index (χ3n) is 3.23. The minimum absolute atomic E-state index is 0.0252. The minimum Gasteiger partial charge on any atom is -0.345 e. The number of rotatable bonds is 4. The Hall–Kier alpha value is -1.75. The van der Waals surface area contributed by atoms with Crippen molar-refractivity contribution in [1.82, 2.24) is 10.2 Å². The van der Waals surface area contributed by atoms with Crippen molar-refractivity contribution in [2.75, 3.05) is 19.4 Å². The highest BCUT2D eigenvalue weighted by Crippen LogP contribution is 2.22. The number of benzene rings is 1. The van der Waals surface area contributed by atoms with E-state index in [-0.39, 0.29) is 18.0 Å². The van der Waals surface area contributed by atoms with Gasteiger partial charge >= 0.3 is 6.03 Å². The van der Waals surface area contributed by atoms with Gasteiger partial charge in [-0.15, -0.1) is 0 Å². The van der Waals surface area contributed by atoms with E-state index >= 15 is 0 Å². The summed E-state index contributed by atoms with van der Waals surface area (Å²) in [6, 6.07) is 4.46. The van der Waals surface area contributed by atoms with Gasteiger partial charge in [0.2, 0.25) is 0 Å². The van der Waals surface area contributed by atoms with Gasteiger partial charge in [0, 0.05) is 25.2 Å². The first-order valence-electron chi connectivity index (χ1n) is 6.81. The third kappa shape index (κ3) is 4.93. The molecular weight excluding hydrogens is 290 g/mol. The Balaban J connectivity index is 2.94. The predicted molar refractivity (Wildman–Crippen MR) is 85.9 cm³/mol. The van der Waals surface area contributed by atoms with Crippen molar-refractivity contribution in [1.29, 1.82) is 0 Å². The first kappa shape index (κ1) is 17.3. The number of carbonyl (C=O) groups excluding carboxylic acids is 2. The lowest BCUT2D eigenvalue weighted by Crippen LogP contribution is -2.39. The average Bonchev–Trinajstić information content (AvgIpc) is 2.37. The van der Waals surface area contributed by atoms with Gasteiger partial charge in [0.15, 0.2) is 0 Å². The maximum Gasteiger partial charge on any atom is 0.319 e. The van der Waals surface area contributed by atoms with Crippen LogP contribution in [0.25, 0.3) is 0 Å². The summed E-state index contributed by atoms with van der Waals surface area (Å²) < 4.78 is 0. The van der Waals surface area contributed by atoms with Gasteiger partial charge in [-0.2, -0.15) is 0 Å². The van der Waals surface area contributed by atoms with Crippen LogP contribution in [-0.2, 0) is 0 Å². The van der Waals surface area contributed by atoms with E-state index in [1.165, 1.54) is 4.90 Å². The van der Waals surface area contributed by atoms with Crippen LogP contribution in [0.15, 0.2) is 18.2 Å². The molecule has 6 heteroatoms. The highest BCUT2D eigenvalue weighted by Gasteiger charge is 2.17. The normalized spacial score (nSPS) is 12.0. The van der Waals surface area contributed by atoms with Crippen molar-refractivity contribution >= 4 is 29.2 Å². The number of hydrogen-bond donors (Lipinski definition) is 2. The van der Waals surface area contributed by atoms with E-state index in [2.05, 4.69) is 10.6 Å². The maximum absolute atomic E-state index is 12.1. The number of amides is 3. The van der Waals surface area contributed by atoms with E-state index in [1.807, 2.05) is 20.8 Å². The molecule has 2 N–H and O–H groups in total. The van der Waals surface area contributed by atoms with Crippen LogP contribution in [-0.4, -0.2) is 37.0 Å². The molecule has 1 aromatic carbocycles. The van der Waals surface area contributed by atoms with Gasteiger partial charge in [-0.3, -0.25) is 4.79 Å². The zero-order chi connectivity index (χ0) is 16.2. The molecule has 0 aliphatic rings. The van der Waals surface area contributed by atoms with Crippen molar-refractivity contribution in [2.24, 2.45) is 5.92 Å². The topological polar surface area (TPSA) is 61.4 Å². The predicted octanol–water partition coefficient (Wildman–Crippen LogP) is 3.21. The van der Waals surface area contributed by atoms with E-state index in [9.17, 15) is 9.59 Å². The van der Waals surface area contributed by atoms with E-state index in [0.29, 0.717) is 22.2 Å². The molecule has 1 atom stereocenters. The number of urea groups is 1. The molecule has 0 spiro atoms. The molecule has 0 radical (unpaired) electrons. The molecule has 1 unspecified atom stereocenters. The second-order valence-electron chi connectivity index (χ2n) is 5.52. The van der Waals surface area contributed by atoms with E-state index in [0.717, 1.165) is 0 Å². The molecule has 0 bridgehead atoms. The van der Waals surface area contributed by atoms with Gasteiger partial charge in [0.05, 0.1) is 11.3 Å². The molecular formula is C15H22ClN3O2. The zero-order valence-electron chi connectivity index (χ0n) is 13.0. The highest BCUT2D eigenvalue weighted by atomic mass is 35.5. The molecule has 1 rings (SSSR count). The van der Waals surface area contributed by atoms with Crippen molar-refractivity contribution < 1.29 is 9.59 Å². The summed E-state index contributed by atoms with van der Waals surface area (Å²) >= 11 is 5.94. The lowest BCUT2D eigenvalue weighted by Gasteiger charge is -2.19. The fourth-order valence-corrected chi connectivity index (χ4v) is 1.75. The quantitative estimate of drug-likeness (QED) is 0.897. The molecule has 3 amide bonds. The second-order valence-corrected chi connectivity index (χ2v) is 5.96. The van der Waals surface area contributed by atoms with Crippen LogP contribution < -0.4 is 10.6 Å². The monoisotopic (exact) mass is 311 g/mol. The molecule has 0 aliphatic heterocycles. The van der Waals surface area contributed by atoms with Crippen LogP contribution in [0.1, 0.15) is 31.1 Å². The fraction of sp³-hybridized carbons (Fsp3) is 0.467. The Morgan fingerprint density at radius 3 is 2.33 bits per heavy atom. The smallest absolute Gasteiger partial charge is 0.319 e. The van der Waals surface area contributed by atoms with Crippen LogP contribution in [0, 0.1) is 5.92 Å². The van der Waals surface area contributed by atoms with Crippen molar-refractivity contribution in [3.05, 3.63) is 28.8 Å². The Kier molecular flexibility index (Phi) is 6.03. The molecule has 0 fully saturated rings. The molecule has 1 aromatic rings. The summed E-state index contributed by atoms with van der Waals surface area (Å²) in [5.41, 5.74) is 0.798. The molecule has 0 aliphatic carbocycles. The van der Waals surface area contributed by atoms with Gasteiger partial charge in [0.1, 0.15) is 0 Å². The first-order valence-corrected chi connectivity index (χ1v) is 7.19. The van der Waals surface area contributed by atoms with Crippen molar-refractivity contribution in [3.8, 4) is 0 Å². The lowest BCUT2D eigenvalue weighted by molar-refractivity contribution is 0.0828. The minimum atomic E-state index is -0.355. The van der Waals surface area contributed by atoms with E-state index < -0.39 is 0 Å². The van der Waals surface area contributed by atoms with E-state index in [4.69, 9.17) is 11.6 Å². The standard InChI is InChI=1S/C15H22ClN3O2/c1-9(2)10(3)17-15(21)18-13-8-11(16)6-7-12(13)14(20)19(4)5/h6-10H,1-5H3,(H2,17,18,21). The number of anilines is 1. The van der Waals surface area contributed by atoms with Gasteiger partial charge in [-0.25, -0.2) is 4.79 Å². The number of nitrogens with zero attached hydrogens (tertiary/aromatic N) is 1. The lowest BCUT2D eigenvalue weighted by atomic mass is 10.1. The highest BCUT2D eigenvalue weighted by molar-refractivity contribution is 6.31. The summed E-state index contributed by atoms with van der Waals surface area (Å²) in [6.45, 7) is 5.96. The summed E-state index contributed by atoms with van der Waals surface area (Å²) in [5, 5.41) is 5.97. The zero-order valence-corrected chi connectivity index (χ0v) is 13.8. The molecule has 21 heavy (non-hydrogen) atoms. The first-order chi connectivity index (χ1) is 9.72. The average molecular weight is 312 g/mol. The fourth-order valence-electron chi connectivity index (χ4n) is 1.58. The van der Waals surface area contributed by atoms with Gasteiger partial charge in [0.25, 0.3) is 5.91 Å². The van der Waals surface area contributed by atoms with Crippen molar-refractivity contribution in [2.45, 2.75) is 26.8 Å². The van der Waals surface area contributed by atoms with Gasteiger partial charge in [-0.1, -0.05) is 25.4 Å². The van der Waals surface area contributed by atoms with Crippen molar-refractivity contribution in [3.63, 3.8) is 0 Å². The largest absolute Gasteiger partial charge is 0.345 e. The molecule has 0 saturated heterocycles. The number of carbonyl (C=O) groups is 2. The molecule has 0 aromatic heterocycles. The molecule has 0 saturated carbocycles. The van der Waals surface area contributed by atoms with Crippen LogP contribution in [0.2, 0.25) is 5.02 Å². The number of hydrogen-bond acceptors (Lipinski definition) is 2. The van der Waals surface area contributed by atoms with Crippen LogP contribution in [0.3, 0.4) is 0 Å².